The zero-order chi connectivity index (χ0) is 31.8. The normalized spacial score (nSPS) is 16.7. The summed E-state index contributed by atoms with van der Waals surface area (Å²) in [6.45, 7) is 0.685. The van der Waals surface area contributed by atoms with Gasteiger partial charge in [-0.1, -0.05) is 42.5 Å². The number of halogens is 6. The first kappa shape index (κ1) is 33.4. The number of fused-ring (bicyclic) bond motifs is 1. The number of aliphatic carboxylic acids is 1. The van der Waals surface area contributed by atoms with Crippen LogP contribution in [0.25, 0.3) is 0 Å². The molecule has 1 aliphatic rings. The summed E-state index contributed by atoms with van der Waals surface area (Å²) in [5.41, 5.74) is 1.91. The van der Waals surface area contributed by atoms with Gasteiger partial charge in [0.1, 0.15) is 0 Å². The Kier molecular flexibility index (Phi) is 11.1. The first-order valence-electron chi connectivity index (χ1n) is 13.2. The second kappa shape index (κ2) is 14.4. The van der Waals surface area contributed by atoms with Gasteiger partial charge in [-0.3, -0.25) is 14.4 Å². The van der Waals surface area contributed by atoms with Crippen LogP contribution < -0.4 is 16.0 Å². The molecule has 15 heteroatoms. The Bertz CT molecular complexity index is 1320. The minimum Gasteiger partial charge on any atom is -0.481 e. The van der Waals surface area contributed by atoms with Gasteiger partial charge in [0.15, 0.2) is 0 Å². The standard InChI is InChI=1S/C28H30F6N4O5/c1-43-15-14-35-20-9-5-8-19-21(16-6-3-2-4-7-16)36-23(25(40)37-22(19)20)38-24(39)17(10-12-27(29,30)31)18(26(41)42)11-13-28(32,33)34/h2-9,17-18,23,35H,10-15H2,1H3,(H,37,40)(H,38,39)(H,41,42). The van der Waals surface area contributed by atoms with E-state index < -0.39 is 73.8 Å². The molecule has 2 aromatic rings. The molecule has 0 saturated carbocycles. The number of nitrogens with one attached hydrogen (secondary N) is 3. The van der Waals surface area contributed by atoms with Crippen molar-refractivity contribution in [2.45, 2.75) is 44.2 Å². The van der Waals surface area contributed by atoms with E-state index in [-0.39, 0.29) is 11.4 Å². The summed E-state index contributed by atoms with van der Waals surface area (Å²) in [5.74, 6) is -8.27. The maximum Gasteiger partial charge on any atom is 0.389 e. The number of aliphatic imine (C=N–C) groups is 1. The lowest BCUT2D eigenvalue weighted by Gasteiger charge is -2.25. The number of carboxylic acid groups (broad SMARTS) is 1. The molecule has 2 amide bonds. The molecule has 1 heterocycles. The van der Waals surface area contributed by atoms with Crippen molar-refractivity contribution in [2.24, 2.45) is 16.8 Å². The van der Waals surface area contributed by atoms with Gasteiger partial charge in [-0.2, -0.15) is 26.3 Å². The zero-order valence-corrected chi connectivity index (χ0v) is 22.9. The minimum absolute atomic E-state index is 0.216. The topological polar surface area (TPSA) is 129 Å². The largest absolute Gasteiger partial charge is 0.481 e. The lowest BCUT2D eigenvalue weighted by atomic mass is 9.84. The van der Waals surface area contributed by atoms with Crippen LogP contribution in [0.15, 0.2) is 53.5 Å². The predicted octanol–water partition coefficient (Wildman–Crippen LogP) is 4.98. The van der Waals surface area contributed by atoms with Gasteiger partial charge >= 0.3 is 18.3 Å². The molecule has 0 saturated heterocycles. The smallest absolute Gasteiger partial charge is 0.389 e. The highest BCUT2D eigenvalue weighted by Gasteiger charge is 2.41. The lowest BCUT2D eigenvalue weighted by molar-refractivity contribution is -0.159. The van der Waals surface area contributed by atoms with Gasteiger partial charge in [-0.05, 0) is 18.9 Å². The summed E-state index contributed by atoms with van der Waals surface area (Å²) in [6, 6.07) is 13.5. The van der Waals surface area contributed by atoms with E-state index in [1.54, 1.807) is 48.5 Å². The van der Waals surface area contributed by atoms with Crippen LogP contribution in [-0.2, 0) is 19.1 Å². The van der Waals surface area contributed by atoms with Gasteiger partial charge < -0.3 is 25.8 Å². The van der Waals surface area contributed by atoms with Crippen LogP contribution in [-0.4, -0.2) is 67.4 Å². The lowest BCUT2D eigenvalue weighted by Crippen LogP contribution is -2.47. The van der Waals surface area contributed by atoms with E-state index in [4.69, 9.17) is 4.74 Å². The molecule has 0 bridgehead atoms. The predicted molar refractivity (Wildman–Crippen MR) is 145 cm³/mol. The van der Waals surface area contributed by atoms with Crippen LogP contribution in [0.5, 0.6) is 0 Å². The van der Waals surface area contributed by atoms with E-state index in [9.17, 15) is 45.8 Å². The molecule has 234 valence electrons. The summed E-state index contributed by atoms with van der Waals surface area (Å²) < 4.78 is 83.0. The SMILES string of the molecule is COCCNc1cccc2c1NC(=O)C(NC(=O)C(CCC(F)(F)F)C(CCC(F)(F)F)C(=O)O)N=C2c1ccccc1. The van der Waals surface area contributed by atoms with Crippen molar-refractivity contribution in [3.8, 4) is 0 Å². The Morgan fingerprint density at radius 3 is 2.19 bits per heavy atom. The quantitative estimate of drug-likeness (QED) is 0.186. The minimum atomic E-state index is -4.82. The Labute approximate surface area is 242 Å². The molecular weight excluding hydrogens is 586 g/mol. The van der Waals surface area contributed by atoms with Crippen molar-refractivity contribution in [1.29, 1.82) is 0 Å². The maximum absolute atomic E-state index is 13.3. The number of methoxy groups -OCH3 is 1. The number of para-hydroxylation sites is 1. The first-order chi connectivity index (χ1) is 20.2. The first-order valence-corrected chi connectivity index (χ1v) is 13.2. The summed E-state index contributed by atoms with van der Waals surface area (Å²) in [5, 5.41) is 17.5. The van der Waals surface area contributed by atoms with Crippen molar-refractivity contribution < 1.29 is 50.6 Å². The maximum atomic E-state index is 13.3. The van der Waals surface area contributed by atoms with Crippen LogP contribution in [0.3, 0.4) is 0 Å². The fourth-order valence-electron chi connectivity index (χ4n) is 4.58. The van der Waals surface area contributed by atoms with Crippen LogP contribution in [0, 0.1) is 11.8 Å². The Hall–Kier alpha value is -4.14. The molecule has 0 aliphatic carbocycles. The average molecular weight is 617 g/mol. The molecule has 3 atom stereocenters. The van der Waals surface area contributed by atoms with Crippen molar-refractivity contribution in [2.75, 3.05) is 30.9 Å². The molecule has 3 unspecified atom stereocenters. The van der Waals surface area contributed by atoms with Crippen molar-refractivity contribution in [3.05, 3.63) is 59.7 Å². The van der Waals surface area contributed by atoms with Crippen molar-refractivity contribution in [1.82, 2.24) is 5.32 Å². The third-order valence-electron chi connectivity index (χ3n) is 6.64. The van der Waals surface area contributed by atoms with E-state index in [1.807, 2.05) is 0 Å². The summed E-state index contributed by atoms with van der Waals surface area (Å²) in [7, 11) is 1.50. The molecule has 0 aromatic heterocycles. The molecule has 43 heavy (non-hydrogen) atoms. The highest BCUT2D eigenvalue weighted by molar-refractivity contribution is 6.21. The number of benzodiazepines with no additional fused rings is 1. The van der Waals surface area contributed by atoms with Gasteiger partial charge in [0.2, 0.25) is 12.1 Å². The van der Waals surface area contributed by atoms with Gasteiger partial charge in [0.05, 0.1) is 35.5 Å². The van der Waals surface area contributed by atoms with E-state index in [2.05, 4.69) is 20.9 Å². The number of anilines is 2. The van der Waals surface area contributed by atoms with E-state index in [0.29, 0.717) is 30.0 Å². The monoisotopic (exact) mass is 616 g/mol. The third-order valence-corrected chi connectivity index (χ3v) is 6.64. The second-order valence-corrected chi connectivity index (χ2v) is 9.75. The summed E-state index contributed by atoms with van der Waals surface area (Å²) in [4.78, 5) is 42.9. The number of hydrogen-bond acceptors (Lipinski definition) is 6. The fraction of sp³-hybridized carbons (Fsp3) is 0.429. The number of nitrogens with zero attached hydrogens (tertiary/aromatic N) is 1. The van der Waals surface area contributed by atoms with Crippen molar-refractivity contribution in [3.63, 3.8) is 0 Å². The number of rotatable bonds is 13. The summed E-state index contributed by atoms with van der Waals surface area (Å²) >= 11 is 0. The molecule has 3 rings (SSSR count). The zero-order valence-electron chi connectivity index (χ0n) is 22.9. The number of carbonyl (C=O) groups excluding carboxylic acids is 2. The Morgan fingerprint density at radius 1 is 0.977 bits per heavy atom. The molecule has 2 aromatic carbocycles. The Morgan fingerprint density at radius 2 is 1.60 bits per heavy atom. The molecule has 4 N–H and O–H groups in total. The number of carbonyl (C=O) groups is 3. The van der Waals surface area contributed by atoms with Crippen LogP contribution in [0.1, 0.15) is 36.8 Å². The molecule has 0 spiro atoms. The van der Waals surface area contributed by atoms with Crippen LogP contribution in [0.4, 0.5) is 37.7 Å². The van der Waals surface area contributed by atoms with Crippen LogP contribution in [0.2, 0.25) is 0 Å². The molecular formula is C28H30F6N4O5. The number of alkyl halides is 6. The fourth-order valence-corrected chi connectivity index (χ4v) is 4.58. The third kappa shape index (κ3) is 9.70. The number of hydrogen-bond donors (Lipinski definition) is 4. The van der Waals surface area contributed by atoms with Gasteiger partial charge in [-0.15, -0.1) is 0 Å². The Balaban J connectivity index is 2.01. The second-order valence-electron chi connectivity index (χ2n) is 9.75. The van der Waals surface area contributed by atoms with E-state index in [0.717, 1.165) is 0 Å². The average Bonchev–Trinajstić information content (AvgIpc) is 3.06. The number of carboxylic acids is 1. The van der Waals surface area contributed by atoms with E-state index >= 15 is 0 Å². The van der Waals surface area contributed by atoms with Crippen LogP contribution >= 0.6 is 0 Å². The van der Waals surface area contributed by atoms with Crippen molar-refractivity contribution >= 4 is 34.9 Å². The van der Waals surface area contributed by atoms with Gasteiger partial charge in [-0.25, -0.2) is 4.99 Å². The number of amides is 2. The highest BCUT2D eigenvalue weighted by atomic mass is 19.4. The molecule has 0 fully saturated rings. The molecule has 0 radical (unpaired) electrons. The molecule has 1 aliphatic heterocycles. The van der Waals surface area contributed by atoms with Gasteiger partial charge in [0.25, 0.3) is 5.91 Å². The highest BCUT2D eigenvalue weighted by Crippen LogP contribution is 2.34. The molecule has 9 nitrogen and oxygen atoms in total. The van der Waals surface area contributed by atoms with Gasteiger partial charge in [0, 0.05) is 37.6 Å². The summed E-state index contributed by atoms with van der Waals surface area (Å²) in [6.07, 6.45) is -16.9. The van der Waals surface area contributed by atoms with E-state index in [1.165, 1.54) is 7.11 Å². The number of ether oxygens (including phenoxy) is 1. The number of benzene rings is 2.